The Labute approximate surface area is 230 Å². The lowest BCUT2D eigenvalue weighted by molar-refractivity contribution is 0.0526. The van der Waals surface area contributed by atoms with E-state index in [4.69, 9.17) is 16.3 Å². The zero-order valence-corrected chi connectivity index (χ0v) is 22.6. The van der Waals surface area contributed by atoms with Crippen molar-refractivity contribution in [3.05, 3.63) is 105 Å². The molecule has 0 fully saturated rings. The monoisotopic (exact) mass is 545 g/mol. The van der Waals surface area contributed by atoms with E-state index in [1.165, 1.54) is 33.8 Å². The number of amides is 2. The number of rotatable bonds is 4. The van der Waals surface area contributed by atoms with Crippen LogP contribution in [0.25, 0.3) is 5.00 Å². The molecule has 38 heavy (non-hydrogen) atoms. The number of carbonyl (C=O) groups excluding carboxylic acids is 2. The van der Waals surface area contributed by atoms with Gasteiger partial charge in [0, 0.05) is 27.3 Å². The zero-order chi connectivity index (χ0) is 26.2. The molecular formula is C30H28ClN3O3S. The second-order valence-corrected chi connectivity index (χ2v) is 11.1. The van der Waals surface area contributed by atoms with Crippen molar-refractivity contribution in [2.75, 3.05) is 11.9 Å². The van der Waals surface area contributed by atoms with Gasteiger partial charge in [-0.15, -0.1) is 11.3 Å². The average Bonchev–Trinajstić information content (AvgIpc) is 3.51. The van der Waals surface area contributed by atoms with Gasteiger partial charge in [0.2, 0.25) is 0 Å². The second-order valence-electron chi connectivity index (χ2n) is 9.61. The zero-order valence-electron chi connectivity index (χ0n) is 21.1. The van der Waals surface area contributed by atoms with E-state index in [9.17, 15) is 9.59 Å². The van der Waals surface area contributed by atoms with Crippen molar-refractivity contribution in [1.82, 2.24) is 9.47 Å². The number of halogens is 1. The molecule has 1 unspecified atom stereocenters. The number of ether oxygens (including phenoxy) is 1. The van der Waals surface area contributed by atoms with Gasteiger partial charge in [-0.3, -0.25) is 0 Å². The molecule has 1 aliphatic heterocycles. The predicted octanol–water partition coefficient (Wildman–Crippen LogP) is 7.38. The number of nitrogens with zero attached hydrogens (tertiary/aromatic N) is 2. The molecular weight excluding hydrogens is 518 g/mol. The molecule has 6 rings (SSSR count). The van der Waals surface area contributed by atoms with E-state index >= 15 is 0 Å². The van der Waals surface area contributed by atoms with Gasteiger partial charge in [-0.25, -0.2) is 9.59 Å². The van der Waals surface area contributed by atoms with E-state index < -0.39 is 5.97 Å². The molecule has 2 aromatic carbocycles. The standard InChI is InChI=1S/C30H28ClN3O3S/c1-2-37-29(35)20-7-5-8-22(17-20)32-30(36)34-18-24-23-9-3-4-11-26(23)38-28(24)33-16-6-10-25(33)27(34)19-12-14-21(31)15-13-19/h5-8,10,12-17,27H,2-4,9,11,18H2,1H3,(H,32,36). The number of hydrogen-bond donors (Lipinski definition) is 1. The molecule has 0 spiro atoms. The Hall–Kier alpha value is -3.55. The number of hydrogen-bond acceptors (Lipinski definition) is 4. The maximum Gasteiger partial charge on any atom is 0.338 e. The van der Waals surface area contributed by atoms with Crippen molar-refractivity contribution in [3.8, 4) is 5.00 Å². The van der Waals surface area contributed by atoms with Gasteiger partial charge >= 0.3 is 12.0 Å². The third kappa shape index (κ3) is 4.50. The van der Waals surface area contributed by atoms with E-state index in [2.05, 4.69) is 22.1 Å². The number of aromatic nitrogens is 1. The van der Waals surface area contributed by atoms with E-state index in [1.54, 1.807) is 31.2 Å². The number of aryl methyl sites for hydroxylation is 1. The van der Waals surface area contributed by atoms with Crippen LogP contribution < -0.4 is 5.32 Å². The van der Waals surface area contributed by atoms with Crippen LogP contribution in [0.1, 0.15) is 63.4 Å². The maximum atomic E-state index is 14.1. The Morgan fingerprint density at radius 1 is 1.05 bits per heavy atom. The van der Waals surface area contributed by atoms with E-state index in [0.717, 1.165) is 24.1 Å². The lowest BCUT2D eigenvalue weighted by Crippen LogP contribution is -2.38. The Bertz CT molecular complexity index is 1510. The fourth-order valence-corrected chi connectivity index (χ4v) is 7.05. The molecule has 0 saturated heterocycles. The van der Waals surface area contributed by atoms with Gasteiger partial charge in [-0.05, 0) is 86.2 Å². The van der Waals surface area contributed by atoms with Crippen LogP contribution in [0, 0.1) is 0 Å². The number of thiophene rings is 1. The van der Waals surface area contributed by atoms with Crippen LogP contribution in [0.15, 0.2) is 66.9 Å². The van der Waals surface area contributed by atoms with Crippen LogP contribution in [0.4, 0.5) is 10.5 Å². The highest BCUT2D eigenvalue weighted by Gasteiger charge is 2.36. The molecule has 1 atom stereocenters. The first-order valence-electron chi connectivity index (χ1n) is 12.9. The molecule has 2 amide bonds. The molecule has 4 aromatic rings. The van der Waals surface area contributed by atoms with E-state index in [1.807, 2.05) is 46.6 Å². The smallest absolute Gasteiger partial charge is 0.338 e. The summed E-state index contributed by atoms with van der Waals surface area (Å²) >= 11 is 8.09. The first-order chi connectivity index (χ1) is 18.5. The molecule has 0 bridgehead atoms. The Kier molecular flexibility index (Phi) is 6.72. The first-order valence-corrected chi connectivity index (χ1v) is 14.1. The Morgan fingerprint density at radius 2 is 1.87 bits per heavy atom. The number of esters is 1. The molecule has 0 radical (unpaired) electrons. The van der Waals surface area contributed by atoms with Gasteiger partial charge < -0.3 is 19.5 Å². The average molecular weight is 546 g/mol. The minimum absolute atomic E-state index is 0.234. The van der Waals surface area contributed by atoms with Crippen LogP contribution in [0.2, 0.25) is 5.02 Å². The van der Waals surface area contributed by atoms with Crippen molar-refractivity contribution in [1.29, 1.82) is 0 Å². The summed E-state index contributed by atoms with van der Waals surface area (Å²) in [6.07, 6.45) is 6.61. The third-order valence-electron chi connectivity index (χ3n) is 7.25. The number of fused-ring (bicyclic) bond motifs is 5. The van der Waals surface area contributed by atoms with Crippen molar-refractivity contribution in [3.63, 3.8) is 0 Å². The molecule has 3 heterocycles. The van der Waals surface area contributed by atoms with Gasteiger partial charge in [-0.2, -0.15) is 0 Å². The Morgan fingerprint density at radius 3 is 2.68 bits per heavy atom. The minimum atomic E-state index is -0.412. The van der Waals surface area contributed by atoms with Crippen molar-refractivity contribution in [2.45, 2.75) is 45.2 Å². The summed E-state index contributed by atoms with van der Waals surface area (Å²) in [4.78, 5) is 29.7. The first kappa shape index (κ1) is 24.8. The molecule has 8 heteroatoms. The van der Waals surface area contributed by atoms with Crippen molar-refractivity contribution >= 4 is 40.6 Å². The number of nitrogens with one attached hydrogen (secondary N) is 1. The lowest BCUT2D eigenvalue weighted by atomic mass is 9.95. The molecule has 2 aromatic heterocycles. The van der Waals surface area contributed by atoms with Gasteiger partial charge in [0.15, 0.2) is 0 Å². The number of anilines is 1. The predicted molar refractivity (Wildman–Crippen MR) is 151 cm³/mol. The van der Waals surface area contributed by atoms with Crippen LogP contribution in [-0.2, 0) is 24.1 Å². The van der Waals surface area contributed by atoms with E-state index in [0.29, 0.717) is 29.4 Å². The molecule has 1 N–H and O–H groups in total. The quantitative estimate of drug-likeness (QED) is 0.272. The third-order valence-corrected chi connectivity index (χ3v) is 8.84. The summed E-state index contributed by atoms with van der Waals surface area (Å²) in [5, 5.41) is 4.92. The highest BCUT2D eigenvalue weighted by atomic mass is 35.5. The molecule has 6 nitrogen and oxygen atoms in total. The fourth-order valence-electron chi connectivity index (χ4n) is 5.52. The molecule has 0 saturated carbocycles. The topological polar surface area (TPSA) is 63.6 Å². The number of urea groups is 1. The molecule has 2 aliphatic rings. The highest BCUT2D eigenvalue weighted by Crippen LogP contribution is 2.44. The van der Waals surface area contributed by atoms with Gasteiger partial charge in [0.1, 0.15) is 5.00 Å². The normalized spacial score (nSPS) is 16.2. The van der Waals surface area contributed by atoms with Crippen LogP contribution in [0.3, 0.4) is 0 Å². The van der Waals surface area contributed by atoms with Crippen LogP contribution in [0.5, 0.6) is 0 Å². The molecule has 1 aliphatic carbocycles. The lowest BCUT2D eigenvalue weighted by Gasteiger charge is -2.31. The van der Waals surface area contributed by atoms with E-state index in [-0.39, 0.29) is 12.1 Å². The highest BCUT2D eigenvalue weighted by molar-refractivity contribution is 7.15. The summed E-state index contributed by atoms with van der Waals surface area (Å²) in [5.41, 5.74) is 5.58. The summed E-state index contributed by atoms with van der Waals surface area (Å²) in [7, 11) is 0. The molecule has 194 valence electrons. The van der Waals surface area contributed by atoms with Crippen LogP contribution >= 0.6 is 22.9 Å². The van der Waals surface area contributed by atoms with Gasteiger partial charge in [-0.1, -0.05) is 29.8 Å². The SMILES string of the molecule is CCOC(=O)c1cccc(NC(=O)N2Cc3c(sc4c3CCCC4)-n3cccc3C2c2ccc(Cl)cc2)c1. The Balaban J connectivity index is 1.43. The van der Waals surface area contributed by atoms with Crippen molar-refractivity contribution in [2.24, 2.45) is 0 Å². The van der Waals surface area contributed by atoms with Gasteiger partial charge in [0.05, 0.1) is 30.5 Å². The summed E-state index contributed by atoms with van der Waals surface area (Å²) < 4.78 is 7.40. The summed E-state index contributed by atoms with van der Waals surface area (Å²) in [6.45, 7) is 2.55. The minimum Gasteiger partial charge on any atom is -0.462 e. The second kappa shape index (κ2) is 10.3. The van der Waals surface area contributed by atoms with Gasteiger partial charge in [0.25, 0.3) is 0 Å². The number of carbonyl (C=O) groups is 2. The summed E-state index contributed by atoms with van der Waals surface area (Å²) in [5.74, 6) is -0.412. The maximum absolute atomic E-state index is 14.1. The van der Waals surface area contributed by atoms with Crippen LogP contribution in [-0.4, -0.2) is 28.1 Å². The fraction of sp³-hybridized carbons (Fsp3) is 0.267. The van der Waals surface area contributed by atoms with Crippen molar-refractivity contribution < 1.29 is 14.3 Å². The largest absolute Gasteiger partial charge is 0.462 e. The number of benzene rings is 2. The summed E-state index contributed by atoms with van der Waals surface area (Å²) in [6, 6.07) is 18.2.